The molecule has 10 heavy (non-hydrogen) atoms. The summed E-state index contributed by atoms with van der Waals surface area (Å²) in [6.45, 7) is 1.98. The first-order chi connectivity index (χ1) is 4.74. The van der Waals surface area contributed by atoms with Gasteiger partial charge in [-0.2, -0.15) is 0 Å². The lowest BCUT2D eigenvalue weighted by Crippen LogP contribution is -1.85. The van der Waals surface area contributed by atoms with Crippen molar-refractivity contribution in [2.45, 2.75) is 6.92 Å². The smallest absolute Gasteiger partial charge is 0.151 e. The van der Waals surface area contributed by atoms with Crippen molar-refractivity contribution >= 4 is 28.9 Å². The quantitative estimate of drug-likeness (QED) is 0.549. The highest BCUT2D eigenvalue weighted by Gasteiger charge is 1.95. The minimum atomic E-state index is 0.778. The van der Waals surface area contributed by atoms with Crippen molar-refractivity contribution < 1.29 is 4.79 Å². The lowest BCUT2D eigenvalue weighted by atomic mass is 10.2. The molecule has 0 aromatic heterocycles. The Kier molecular flexibility index (Phi) is 2.43. The van der Waals surface area contributed by atoms with Gasteiger partial charge in [0.2, 0.25) is 0 Å². The van der Waals surface area contributed by atoms with Crippen LogP contribution in [0.1, 0.15) is 15.9 Å². The van der Waals surface area contributed by atoms with Crippen molar-refractivity contribution in [2.75, 3.05) is 0 Å². The first kappa shape index (κ1) is 7.72. The van der Waals surface area contributed by atoms with Gasteiger partial charge in [0.1, 0.15) is 0 Å². The zero-order valence-electron chi connectivity index (χ0n) is 5.60. The molecule has 0 aliphatic rings. The normalized spacial score (nSPS) is 9.40. The first-order valence-electron chi connectivity index (χ1n) is 2.95. The zero-order chi connectivity index (χ0) is 7.56. The van der Waals surface area contributed by atoms with Gasteiger partial charge in [0.25, 0.3) is 0 Å². The average Bonchev–Trinajstić information content (AvgIpc) is 1.94. The molecular weight excluding hydrogens is 239 g/mol. The first-order valence-corrected chi connectivity index (χ1v) is 4.03. The maximum absolute atomic E-state index is 10.4. The van der Waals surface area contributed by atoms with Gasteiger partial charge in [0.15, 0.2) is 6.29 Å². The standard InChI is InChI=1S/C8H7IO/c1-6-2-3-8(9)7(4-6)5-10/h2-5H,1H3. The van der Waals surface area contributed by atoms with E-state index < -0.39 is 0 Å². The van der Waals surface area contributed by atoms with Crippen LogP contribution >= 0.6 is 22.6 Å². The van der Waals surface area contributed by atoms with E-state index in [1.54, 1.807) is 0 Å². The lowest BCUT2D eigenvalue weighted by molar-refractivity contribution is 0.112. The predicted octanol–water partition coefficient (Wildman–Crippen LogP) is 2.41. The van der Waals surface area contributed by atoms with E-state index in [-0.39, 0.29) is 0 Å². The Balaban J connectivity index is 3.21. The summed E-state index contributed by atoms with van der Waals surface area (Å²) in [7, 11) is 0. The van der Waals surface area contributed by atoms with Gasteiger partial charge in [-0.05, 0) is 41.6 Å². The van der Waals surface area contributed by atoms with Crippen molar-refractivity contribution in [1.29, 1.82) is 0 Å². The SMILES string of the molecule is Cc1ccc(I)c(C=O)c1. The third-order valence-corrected chi connectivity index (χ3v) is 2.26. The highest BCUT2D eigenvalue weighted by atomic mass is 127. The number of hydrogen-bond acceptors (Lipinski definition) is 1. The van der Waals surface area contributed by atoms with Crippen LogP contribution in [0.2, 0.25) is 0 Å². The second-order valence-electron chi connectivity index (χ2n) is 2.14. The fraction of sp³-hybridized carbons (Fsp3) is 0.125. The van der Waals surface area contributed by atoms with Crippen molar-refractivity contribution in [2.24, 2.45) is 0 Å². The number of carbonyl (C=O) groups excluding carboxylic acids is 1. The van der Waals surface area contributed by atoms with Crippen LogP contribution in [-0.4, -0.2) is 6.29 Å². The Bertz CT molecular complexity index is 255. The monoisotopic (exact) mass is 246 g/mol. The largest absolute Gasteiger partial charge is 0.298 e. The molecule has 0 spiro atoms. The molecule has 0 unspecified atom stereocenters. The van der Waals surface area contributed by atoms with Gasteiger partial charge in [-0.15, -0.1) is 0 Å². The van der Waals surface area contributed by atoms with E-state index in [1.165, 1.54) is 0 Å². The summed E-state index contributed by atoms with van der Waals surface area (Å²) in [5, 5.41) is 0. The number of carbonyl (C=O) groups is 1. The van der Waals surface area contributed by atoms with Crippen molar-refractivity contribution in [1.82, 2.24) is 0 Å². The minimum Gasteiger partial charge on any atom is -0.298 e. The summed E-state index contributed by atoms with van der Waals surface area (Å²) >= 11 is 2.15. The summed E-state index contributed by atoms with van der Waals surface area (Å²) in [4.78, 5) is 10.4. The van der Waals surface area contributed by atoms with Crippen LogP contribution in [0.5, 0.6) is 0 Å². The molecule has 0 radical (unpaired) electrons. The molecule has 1 aromatic carbocycles. The summed E-state index contributed by atoms with van der Waals surface area (Å²) in [5.41, 5.74) is 1.91. The molecule has 0 N–H and O–H groups in total. The van der Waals surface area contributed by atoms with Gasteiger partial charge in [0, 0.05) is 9.13 Å². The molecule has 0 amide bonds. The third-order valence-electron chi connectivity index (χ3n) is 1.28. The highest BCUT2D eigenvalue weighted by Crippen LogP contribution is 2.11. The molecule has 52 valence electrons. The Morgan fingerprint density at radius 2 is 2.20 bits per heavy atom. The number of rotatable bonds is 1. The fourth-order valence-electron chi connectivity index (χ4n) is 0.753. The van der Waals surface area contributed by atoms with Crippen LogP contribution in [0, 0.1) is 10.5 Å². The van der Waals surface area contributed by atoms with Crippen molar-refractivity contribution in [3.8, 4) is 0 Å². The van der Waals surface area contributed by atoms with E-state index in [2.05, 4.69) is 22.6 Å². The van der Waals surface area contributed by atoms with Crippen molar-refractivity contribution in [3.05, 3.63) is 32.9 Å². The molecule has 0 saturated heterocycles. The van der Waals surface area contributed by atoms with Crippen molar-refractivity contribution in [3.63, 3.8) is 0 Å². The number of aryl methyl sites for hydroxylation is 1. The fourth-order valence-corrected chi connectivity index (χ4v) is 1.22. The summed E-state index contributed by atoms with van der Waals surface area (Å²) in [6, 6.07) is 5.82. The average molecular weight is 246 g/mol. The minimum absolute atomic E-state index is 0.778. The summed E-state index contributed by atoms with van der Waals surface area (Å²) in [6.07, 6.45) is 0.884. The second-order valence-corrected chi connectivity index (χ2v) is 3.31. The Labute approximate surface area is 73.6 Å². The van der Waals surface area contributed by atoms with E-state index in [9.17, 15) is 4.79 Å². The summed E-state index contributed by atoms with van der Waals surface area (Å²) in [5.74, 6) is 0. The van der Waals surface area contributed by atoms with Gasteiger partial charge in [0.05, 0.1) is 0 Å². The molecule has 1 aromatic rings. The van der Waals surface area contributed by atoms with Crippen LogP contribution in [0.4, 0.5) is 0 Å². The van der Waals surface area contributed by atoms with E-state index >= 15 is 0 Å². The van der Waals surface area contributed by atoms with E-state index in [0.29, 0.717) is 0 Å². The molecular formula is C8H7IO. The molecule has 2 heteroatoms. The lowest BCUT2D eigenvalue weighted by Gasteiger charge is -1.95. The molecule has 0 heterocycles. The summed E-state index contributed by atoms with van der Waals surface area (Å²) < 4.78 is 1.01. The Morgan fingerprint density at radius 1 is 1.50 bits per heavy atom. The molecule has 0 fully saturated rings. The molecule has 0 atom stereocenters. The topological polar surface area (TPSA) is 17.1 Å². The van der Waals surface area contributed by atoms with Crippen LogP contribution in [0.15, 0.2) is 18.2 Å². The maximum atomic E-state index is 10.4. The molecule has 0 aliphatic carbocycles. The number of benzene rings is 1. The van der Waals surface area contributed by atoms with Crippen LogP contribution in [0.25, 0.3) is 0 Å². The molecule has 1 nitrogen and oxygen atoms in total. The van der Waals surface area contributed by atoms with Gasteiger partial charge >= 0.3 is 0 Å². The highest BCUT2D eigenvalue weighted by molar-refractivity contribution is 14.1. The zero-order valence-corrected chi connectivity index (χ0v) is 7.75. The molecule has 0 aliphatic heterocycles. The van der Waals surface area contributed by atoms with Gasteiger partial charge in [-0.25, -0.2) is 0 Å². The number of aldehydes is 1. The van der Waals surface area contributed by atoms with Crippen LogP contribution < -0.4 is 0 Å². The molecule has 0 saturated carbocycles. The van der Waals surface area contributed by atoms with Gasteiger partial charge in [-0.3, -0.25) is 4.79 Å². The Hall–Kier alpha value is -0.380. The van der Waals surface area contributed by atoms with Crippen LogP contribution in [0.3, 0.4) is 0 Å². The molecule has 1 rings (SSSR count). The van der Waals surface area contributed by atoms with E-state index in [1.807, 2.05) is 25.1 Å². The van der Waals surface area contributed by atoms with Gasteiger partial charge in [-0.1, -0.05) is 11.6 Å². The predicted molar refractivity (Wildman–Crippen MR) is 49.3 cm³/mol. The van der Waals surface area contributed by atoms with Gasteiger partial charge < -0.3 is 0 Å². The van der Waals surface area contributed by atoms with Crippen LogP contribution in [-0.2, 0) is 0 Å². The maximum Gasteiger partial charge on any atom is 0.151 e. The third kappa shape index (κ3) is 1.56. The van der Waals surface area contributed by atoms with E-state index in [0.717, 1.165) is 21.0 Å². The second kappa shape index (κ2) is 3.14. The van der Waals surface area contributed by atoms with E-state index in [4.69, 9.17) is 0 Å². The number of hydrogen-bond donors (Lipinski definition) is 0. The molecule has 0 bridgehead atoms. The number of halogens is 1. The Morgan fingerprint density at radius 3 is 2.70 bits per heavy atom.